The third-order valence-corrected chi connectivity index (χ3v) is 10.9. The van der Waals surface area contributed by atoms with Crippen molar-refractivity contribution in [1.29, 1.82) is 0 Å². The molecule has 1 N–H and O–H groups in total. The molecule has 2 atom stereocenters. The van der Waals surface area contributed by atoms with Gasteiger partial charge in [0, 0.05) is 0 Å². The summed E-state index contributed by atoms with van der Waals surface area (Å²) >= 11 is 0. The maximum absolute atomic E-state index is 3.76. The molecule has 272 valence electrons. The van der Waals surface area contributed by atoms with Gasteiger partial charge in [0.2, 0.25) is 0 Å². The number of rotatable bonds is 37. The van der Waals surface area contributed by atoms with Gasteiger partial charge in [-0.1, -0.05) is 220 Å². The van der Waals surface area contributed by atoms with Gasteiger partial charge in [0.05, 0.1) is 12.0 Å². The summed E-state index contributed by atoms with van der Waals surface area (Å²) in [4.78, 5) is 3.76. The monoisotopic (exact) mass is 644 g/mol. The van der Waals surface area contributed by atoms with Crippen LogP contribution in [0.25, 0.3) is 0 Å². The number of hydrogen-bond donors (Lipinski definition) is 1. The summed E-state index contributed by atoms with van der Waals surface area (Å²) < 4.78 is 2.64. The Labute approximate surface area is 291 Å². The molecule has 0 spiro atoms. The number of nitrogens with one attached hydrogen (secondary N) is 1. The molecule has 0 aromatic carbocycles. The zero-order chi connectivity index (χ0) is 33.2. The van der Waals surface area contributed by atoms with Gasteiger partial charge in [0.25, 0.3) is 5.82 Å². The molecular weight excluding hydrogens is 556 g/mol. The summed E-state index contributed by atoms with van der Waals surface area (Å²) in [6.07, 6.45) is 54.6. The molecule has 0 saturated heterocycles. The topological polar surface area (TPSA) is 19.7 Å². The number of nitrogens with zero attached hydrogens (tertiary/aromatic N) is 1. The second kappa shape index (κ2) is 34.1. The summed E-state index contributed by atoms with van der Waals surface area (Å²) in [5, 5.41) is 0. The number of aromatic amines is 1. The van der Waals surface area contributed by atoms with Crippen LogP contribution < -0.4 is 4.57 Å². The van der Waals surface area contributed by atoms with E-state index in [9.17, 15) is 0 Å². The molecule has 0 fully saturated rings. The number of H-pyrrole nitrogens is 1. The molecule has 2 unspecified atom stereocenters. The summed E-state index contributed by atoms with van der Waals surface area (Å²) in [5.74, 6) is 2.25. The fourth-order valence-electron chi connectivity index (χ4n) is 7.66. The second-order valence-corrected chi connectivity index (χ2v) is 15.4. The largest absolute Gasteiger partial charge is 0.257 e. The SMILES string of the molecule is CCCCCCCCCCCCCCCCCC(CCCCCCCC)c1[nH]cc[n+]1C(C)CCCCCCCCCCCCC. The van der Waals surface area contributed by atoms with Crippen molar-refractivity contribution in [2.75, 3.05) is 0 Å². The average Bonchev–Trinajstić information content (AvgIpc) is 3.56. The highest BCUT2D eigenvalue weighted by Crippen LogP contribution is 2.27. The van der Waals surface area contributed by atoms with E-state index < -0.39 is 0 Å². The van der Waals surface area contributed by atoms with E-state index in [1.807, 2.05) is 0 Å². The van der Waals surface area contributed by atoms with E-state index in [1.165, 1.54) is 231 Å². The van der Waals surface area contributed by atoms with Crippen LogP contribution in [0.4, 0.5) is 0 Å². The molecule has 0 aliphatic rings. The van der Waals surface area contributed by atoms with Crippen molar-refractivity contribution < 1.29 is 4.57 Å². The van der Waals surface area contributed by atoms with Crippen molar-refractivity contribution in [1.82, 2.24) is 4.98 Å². The molecule has 0 aliphatic heterocycles. The van der Waals surface area contributed by atoms with Crippen LogP contribution >= 0.6 is 0 Å². The van der Waals surface area contributed by atoms with Crippen molar-refractivity contribution in [3.8, 4) is 0 Å². The van der Waals surface area contributed by atoms with Gasteiger partial charge in [-0.15, -0.1) is 0 Å². The van der Waals surface area contributed by atoms with Crippen molar-refractivity contribution in [3.05, 3.63) is 18.2 Å². The molecule has 46 heavy (non-hydrogen) atoms. The predicted molar refractivity (Wildman–Crippen MR) is 207 cm³/mol. The molecule has 0 radical (unpaired) electrons. The fraction of sp³-hybridized carbons (Fsp3) is 0.932. The highest BCUT2D eigenvalue weighted by molar-refractivity contribution is 4.90. The van der Waals surface area contributed by atoms with Crippen LogP contribution in [-0.4, -0.2) is 4.98 Å². The molecule has 1 heterocycles. The highest BCUT2D eigenvalue weighted by Gasteiger charge is 2.25. The summed E-state index contributed by atoms with van der Waals surface area (Å²) in [5.41, 5.74) is 0. The predicted octanol–water partition coefficient (Wildman–Crippen LogP) is 15.7. The first-order valence-corrected chi connectivity index (χ1v) is 21.8. The first-order chi connectivity index (χ1) is 22.7. The zero-order valence-electron chi connectivity index (χ0n) is 32.5. The lowest BCUT2D eigenvalue weighted by molar-refractivity contribution is -0.727. The lowest BCUT2D eigenvalue weighted by atomic mass is 9.92. The van der Waals surface area contributed by atoms with Crippen LogP contribution in [0.1, 0.15) is 270 Å². The molecule has 2 heteroatoms. The van der Waals surface area contributed by atoms with E-state index in [0.717, 1.165) is 0 Å². The maximum atomic E-state index is 3.76. The van der Waals surface area contributed by atoms with Crippen LogP contribution in [0.2, 0.25) is 0 Å². The van der Waals surface area contributed by atoms with E-state index in [-0.39, 0.29) is 0 Å². The van der Waals surface area contributed by atoms with Crippen LogP contribution in [0.5, 0.6) is 0 Å². The maximum Gasteiger partial charge on any atom is 0.257 e. The van der Waals surface area contributed by atoms with Crippen molar-refractivity contribution in [3.63, 3.8) is 0 Å². The van der Waals surface area contributed by atoms with Crippen molar-refractivity contribution in [2.45, 2.75) is 264 Å². The van der Waals surface area contributed by atoms with E-state index in [2.05, 4.69) is 49.6 Å². The van der Waals surface area contributed by atoms with Crippen LogP contribution in [0, 0.1) is 0 Å². The average molecular weight is 644 g/mol. The van der Waals surface area contributed by atoms with Gasteiger partial charge in [-0.3, -0.25) is 0 Å². The molecule has 0 amide bonds. The smallest absolute Gasteiger partial charge is 0.247 e. The quantitative estimate of drug-likeness (QED) is 0.0550. The summed E-state index contributed by atoms with van der Waals surface area (Å²) in [6, 6.07) is 0.618. The Balaban J connectivity index is 2.31. The lowest BCUT2D eigenvalue weighted by Gasteiger charge is -2.17. The van der Waals surface area contributed by atoms with E-state index >= 15 is 0 Å². The Kier molecular flexibility index (Phi) is 32.0. The molecule has 2 nitrogen and oxygen atoms in total. The summed E-state index contributed by atoms with van der Waals surface area (Å²) in [7, 11) is 0. The second-order valence-electron chi connectivity index (χ2n) is 15.4. The van der Waals surface area contributed by atoms with Crippen LogP contribution in [-0.2, 0) is 0 Å². The Hall–Kier alpha value is -0.790. The number of imidazole rings is 1. The standard InChI is InChI=1S/C44H86N2/c1-5-8-11-14-17-19-21-22-23-24-26-28-30-33-36-39-43(38-35-32-16-13-10-7-3)44-45-40-41-46(44)42(4)37-34-31-29-27-25-20-18-15-12-9-6-2/h40-43H,5-39H2,1-4H3/p+1. The minimum Gasteiger partial charge on any atom is -0.247 e. The number of aromatic nitrogens is 2. The summed E-state index contributed by atoms with van der Waals surface area (Å²) in [6.45, 7) is 9.43. The molecule has 0 saturated carbocycles. The molecule has 0 aliphatic carbocycles. The molecule has 1 aromatic heterocycles. The Morgan fingerprint density at radius 2 is 0.696 bits per heavy atom. The van der Waals surface area contributed by atoms with Crippen LogP contribution in [0.3, 0.4) is 0 Å². The Morgan fingerprint density at radius 3 is 1.02 bits per heavy atom. The van der Waals surface area contributed by atoms with Gasteiger partial charge >= 0.3 is 0 Å². The van der Waals surface area contributed by atoms with Crippen molar-refractivity contribution >= 4 is 0 Å². The molecule has 1 rings (SSSR count). The van der Waals surface area contributed by atoms with E-state index in [0.29, 0.717) is 12.0 Å². The molecule has 1 aromatic rings. The van der Waals surface area contributed by atoms with Crippen LogP contribution in [0.15, 0.2) is 12.4 Å². The van der Waals surface area contributed by atoms with E-state index in [4.69, 9.17) is 0 Å². The Bertz CT molecular complexity index is 709. The van der Waals surface area contributed by atoms with Gasteiger partial charge in [0.15, 0.2) is 0 Å². The third-order valence-electron chi connectivity index (χ3n) is 10.9. The van der Waals surface area contributed by atoms with Crippen molar-refractivity contribution in [2.24, 2.45) is 0 Å². The van der Waals surface area contributed by atoms with Gasteiger partial charge in [0.1, 0.15) is 12.4 Å². The van der Waals surface area contributed by atoms with E-state index in [1.54, 1.807) is 0 Å². The number of unbranched alkanes of at least 4 members (excludes halogenated alkanes) is 29. The lowest BCUT2D eigenvalue weighted by Crippen LogP contribution is -2.41. The van der Waals surface area contributed by atoms with Gasteiger partial charge in [-0.05, 0) is 32.6 Å². The fourth-order valence-corrected chi connectivity index (χ4v) is 7.66. The van der Waals surface area contributed by atoms with Gasteiger partial charge in [-0.2, -0.15) is 0 Å². The highest BCUT2D eigenvalue weighted by atomic mass is 15.1. The minimum atomic E-state index is 0.618. The first-order valence-electron chi connectivity index (χ1n) is 21.8. The number of hydrogen-bond acceptors (Lipinski definition) is 0. The normalized spacial score (nSPS) is 13.0. The van der Waals surface area contributed by atoms with Gasteiger partial charge in [-0.25, -0.2) is 9.55 Å². The zero-order valence-corrected chi connectivity index (χ0v) is 32.5. The minimum absolute atomic E-state index is 0.618. The third kappa shape index (κ3) is 25.3. The van der Waals surface area contributed by atoms with Gasteiger partial charge < -0.3 is 0 Å². The molecular formula is C44H87N2+. The molecule has 0 bridgehead atoms. The first kappa shape index (κ1) is 43.2. The Morgan fingerprint density at radius 1 is 0.413 bits per heavy atom.